The summed E-state index contributed by atoms with van der Waals surface area (Å²) < 4.78 is 18.7. The number of phenols is 1. The van der Waals surface area contributed by atoms with Gasteiger partial charge in [0.1, 0.15) is 17.3 Å². The summed E-state index contributed by atoms with van der Waals surface area (Å²) in [5.74, 6) is 0.271. The first-order chi connectivity index (χ1) is 8.11. The molecule has 1 N–H and O–H groups in total. The van der Waals surface area contributed by atoms with Crippen LogP contribution in [0.4, 0.5) is 4.39 Å². The maximum Gasteiger partial charge on any atom is 0.134 e. The summed E-state index contributed by atoms with van der Waals surface area (Å²) in [4.78, 5) is 0. The lowest BCUT2D eigenvalue weighted by atomic mass is 10.0. The van der Waals surface area contributed by atoms with E-state index in [-0.39, 0.29) is 11.6 Å². The molecular formula is C14H13FO2. The number of aryl methyl sites for hydroxylation is 1. The number of phenolic OH excluding ortho intramolecular Hbond substituents is 1. The normalized spacial score (nSPS) is 10.3. The van der Waals surface area contributed by atoms with Crippen LogP contribution in [0.2, 0.25) is 0 Å². The van der Waals surface area contributed by atoms with E-state index in [9.17, 15) is 9.50 Å². The van der Waals surface area contributed by atoms with Gasteiger partial charge in [0, 0.05) is 11.6 Å². The van der Waals surface area contributed by atoms with Gasteiger partial charge in [-0.25, -0.2) is 4.39 Å². The monoisotopic (exact) mass is 232 g/mol. The van der Waals surface area contributed by atoms with E-state index >= 15 is 0 Å². The quantitative estimate of drug-likeness (QED) is 0.858. The standard InChI is InChI=1S/C14H13FO2/c1-9-3-4-10(7-14(9)16)12-6-5-11(17-2)8-13(12)15/h3-8,16H,1-2H3. The summed E-state index contributed by atoms with van der Waals surface area (Å²) in [6.07, 6.45) is 0. The van der Waals surface area contributed by atoms with Crippen molar-refractivity contribution in [2.75, 3.05) is 7.11 Å². The molecule has 2 aromatic carbocycles. The molecule has 2 aromatic rings. The first kappa shape index (κ1) is 11.5. The van der Waals surface area contributed by atoms with E-state index in [1.54, 1.807) is 37.3 Å². The maximum atomic E-state index is 13.8. The van der Waals surface area contributed by atoms with E-state index in [1.807, 2.05) is 0 Å². The van der Waals surface area contributed by atoms with E-state index in [0.717, 1.165) is 5.56 Å². The Morgan fingerprint density at radius 2 is 1.88 bits per heavy atom. The minimum atomic E-state index is -0.368. The molecule has 0 aromatic heterocycles. The van der Waals surface area contributed by atoms with Crippen LogP contribution in [-0.2, 0) is 0 Å². The highest BCUT2D eigenvalue weighted by atomic mass is 19.1. The van der Waals surface area contributed by atoms with Crippen molar-refractivity contribution >= 4 is 0 Å². The fourth-order valence-electron chi connectivity index (χ4n) is 1.63. The third kappa shape index (κ3) is 2.23. The number of hydrogen-bond acceptors (Lipinski definition) is 2. The lowest BCUT2D eigenvalue weighted by Crippen LogP contribution is -1.88. The average molecular weight is 232 g/mol. The van der Waals surface area contributed by atoms with E-state index in [4.69, 9.17) is 4.74 Å². The number of methoxy groups -OCH3 is 1. The Hall–Kier alpha value is -2.03. The average Bonchev–Trinajstić information content (AvgIpc) is 2.32. The van der Waals surface area contributed by atoms with Gasteiger partial charge in [0.2, 0.25) is 0 Å². The molecule has 0 spiro atoms. The molecule has 0 saturated heterocycles. The van der Waals surface area contributed by atoms with Crippen LogP contribution in [0.1, 0.15) is 5.56 Å². The Morgan fingerprint density at radius 3 is 2.47 bits per heavy atom. The molecular weight excluding hydrogens is 219 g/mol. The predicted octanol–water partition coefficient (Wildman–Crippen LogP) is 3.52. The van der Waals surface area contributed by atoms with E-state index in [1.165, 1.54) is 13.2 Å². The first-order valence-corrected chi connectivity index (χ1v) is 5.25. The molecule has 0 heterocycles. The smallest absolute Gasteiger partial charge is 0.134 e. The highest BCUT2D eigenvalue weighted by Crippen LogP contribution is 2.29. The Kier molecular flexibility index (Phi) is 3.00. The number of halogens is 1. The van der Waals surface area contributed by atoms with Gasteiger partial charge in [-0.05, 0) is 36.2 Å². The Balaban J connectivity index is 2.49. The van der Waals surface area contributed by atoms with Gasteiger partial charge in [-0.3, -0.25) is 0 Å². The van der Waals surface area contributed by atoms with Gasteiger partial charge < -0.3 is 9.84 Å². The molecule has 17 heavy (non-hydrogen) atoms. The molecule has 2 rings (SSSR count). The van der Waals surface area contributed by atoms with Gasteiger partial charge in [-0.2, -0.15) is 0 Å². The predicted molar refractivity (Wildman–Crippen MR) is 64.8 cm³/mol. The van der Waals surface area contributed by atoms with Gasteiger partial charge >= 0.3 is 0 Å². The van der Waals surface area contributed by atoms with Crippen LogP contribution in [0.25, 0.3) is 11.1 Å². The van der Waals surface area contributed by atoms with Gasteiger partial charge in [0.25, 0.3) is 0 Å². The van der Waals surface area contributed by atoms with Crippen LogP contribution in [0.3, 0.4) is 0 Å². The minimum absolute atomic E-state index is 0.165. The molecule has 0 fully saturated rings. The highest BCUT2D eigenvalue weighted by molar-refractivity contribution is 5.67. The highest BCUT2D eigenvalue weighted by Gasteiger charge is 2.08. The molecule has 0 saturated carbocycles. The molecule has 2 nitrogen and oxygen atoms in total. The number of benzene rings is 2. The fourth-order valence-corrected chi connectivity index (χ4v) is 1.63. The Labute approximate surface area is 99.3 Å². The van der Waals surface area contributed by atoms with Gasteiger partial charge in [-0.1, -0.05) is 12.1 Å². The first-order valence-electron chi connectivity index (χ1n) is 5.25. The summed E-state index contributed by atoms with van der Waals surface area (Å²) in [6.45, 7) is 1.80. The molecule has 88 valence electrons. The number of ether oxygens (including phenoxy) is 1. The largest absolute Gasteiger partial charge is 0.508 e. The lowest BCUT2D eigenvalue weighted by Gasteiger charge is -2.07. The van der Waals surface area contributed by atoms with E-state index in [0.29, 0.717) is 16.9 Å². The summed E-state index contributed by atoms with van der Waals surface area (Å²) in [6, 6.07) is 9.74. The number of hydrogen-bond donors (Lipinski definition) is 1. The SMILES string of the molecule is COc1ccc(-c2ccc(C)c(O)c2)c(F)c1. The zero-order valence-corrected chi connectivity index (χ0v) is 9.70. The van der Waals surface area contributed by atoms with Crippen molar-refractivity contribution in [2.24, 2.45) is 0 Å². The van der Waals surface area contributed by atoms with Crippen molar-refractivity contribution in [1.82, 2.24) is 0 Å². The molecule has 3 heteroatoms. The third-order valence-electron chi connectivity index (χ3n) is 2.70. The third-order valence-corrected chi connectivity index (χ3v) is 2.70. The second kappa shape index (κ2) is 4.45. The number of rotatable bonds is 2. The molecule has 0 bridgehead atoms. The van der Waals surface area contributed by atoms with Crippen LogP contribution in [-0.4, -0.2) is 12.2 Å². The van der Waals surface area contributed by atoms with Gasteiger partial charge in [-0.15, -0.1) is 0 Å². The van der Waals surface area contributed by atoms with Gasteiger partial charge in [0.15, 0.2) is 0 Å². The van der Waals surface area contributed by atoms with Gasteiger partial charge in [0.05, 0.1) is 7.11 Å². The van der Waals surface area contributed by atoms with Crippen molar-refractivity contribution in [2.45, 2.75) is 6.92 Å². The molecule has 0 aliphatic carbocycles. The van der Waals surface area contributed by atoms with Crippen molar-refractivity contribution in [3.63, 3.8) is 0 Å². The molecule has 0 aliphatic heterocycles. The summed E-state index contributed by atoms with van der Waals surface area (Å²) in [5.41, 5.74) is 1.86. The minimum Gasteiger partial charge on any atom is -0.508 e. The Morgan fingerprint density at radius 1 is 1.12 bits per heavy atom. The van der Waals surface area contributed by atoms with E-state index in [2.05, 4.69) is 0 Å². The van der Waals surface area contributed by atoms with Crippen LogP contribution in [0.5, 0.6) is 11.5 Å². The van der Waals surface area contributed by atoms with Crippen molar-refractivity contribution in [3.05, 3.63) is 47.8 Å². The van der Waals surface area contributed by atoms with Crippen molar-refractivity contribution in [3.8, 4) is 22.6 Å². The van der Waals surface area contributed by atoms with Crippen molar-refractivity contribution in [1.29, 1.82) is 0 Å². The summed E-state index contributed by atoms with van der Waals surface area (Å²) in [5, 5.41) is 9.61. The zero-order valence-electron chi connectivity index (χ0n) is 9.70. The van der Waals surface area contributed by atoms with Crippen LogP contribution in [0.15, 0.2) is 36.4 Å². The second-order valence-corrected chi connectivity index (χ2v) is 3.85. The summed E-state index contributed by atoms with van der Waals surface area (Å²) >= 11 is 0. The van der Waals surface area contributed by atoms with Crippen LogP contribution < -0.4 is 4.74 Å². The number of aromatic hydroxyl groups is 1. The van der Waals surface area contributed by atoms with E-state index < -0.39 is 0 Å². The lowest BCUT2D eigenvalue weighted by molar-refractivity contribution is 0.411. The zero-order chi connectivity index (χ0) is 12.4. The Bertz CT molecular complexity index is 550. The molecule has 0 radical (unpaired) electrons. The van der Waals surface area contributed by atoms with Crippen LogP contribution in [0, 0.1) is 12.7 Å². The molecule has 0 atom stereocenters. The van der Waals surface area contributed by atoms with Crippen LogP contribution >= 0.6 is 0 Å². The maximum absolute atomic E-state index is 13.8. The molecule has 0 aliphatic rings. The molecule has 0 amide bonds. The molecule has 0 unspecified atom stereocenters. The summed E-state index contributed by atoms with van der Waals surface area (Å²) in [7, 11) is 1.49. The fraction of sp³-hybridized carbons (Fsp3) is 0.143. The second-order valence-electron chi connectivity index (χ2n) is 3.85. The topological polar surface area (TPSA) is 29.5 Å². The van der Waals surface area contributed by atoms with Crippen molar-refractivity contribution < 1.29 is 14.2 Å².